The second-order valence-corrected chi connectivity index (χ2v) is 4.44. The summed E-state index contributed by atoms with van der Waals surface area (Å²) in [6.45, 7) is 7.75. The molecule has 0 aromatic rings. The van der Waals surface area contributed by atoms with Crippen LogP contribution in [0.15, 0.2) is 0 Å². The summed E-state index contributed by atoms with van der Waals surface area (Å²) in [5.41, 5.74) is -0.537. The summed E-state index contributed by atoms with van der Waals surface area (Å²) in [4.78, 5) is 0. The van der Waals surface area contributed by atoms with E-state index in [9.17, 15) is 5.11 Å². The van der Waals surface area contributed by atoms with E-state index in [1.165, 1.54) is 0 Å². The van der Waals surface area contributed by atoms with Crippen LogP contribution in [0.5, 0.6) is 0 Å². The lowest BCUT2D eigenvalue weighted by atomic mass is 9.82. The number of hydrogen-bond donors (Lipinski definition) is 1. The van der Waals surface area contributed by atoms with Crippen LogP contribution < -0.4 is 0 Å². The molecule has 1 heterocycles. The van der Waals surface area contributed by atoms with E-state index in [1.54, 1.807) is 0 Å². The molecule has 2 atom stereocenters. The Balaban J connectivity index is 2.44. The monoisotopic (exact) mass is 172 g/mol. The summed E-state index contributed by atoms with van der Waals surface area (Å²) >= 11 is 0. The molecule has 0 radical (unpaired) electrons. The highest BCUT2D eigenvalue weighted by molar-refractivity contribution is 4.87. The van der Waals surface area contributed by atoms with Gasteiger partial charge in [-0.1, -0.05) is 20.8 Å². The van der Waals surface area contributed by atoms with Crippen molar-refractivity contribution in [2.24, 2.45) is 11.8 Å². The third-order valence-electron chi connectivity index (χ3n) is 2.77. The minimum absolute atomic E-state index is 0.361. The van der Waals surface area contributed by atoms with E-state index in [0.29, 0.717) is 18.4 Å². The maximum Gasteiger partial charge on any atom is 0.0927 e. The molecule has 1 rings (SSSR count). The Bertz CT molecular complexity index is 137. The second-order valence-electron chi connectivity index (χ2n) is 4.44. The van der Waals surface area contributed by atoms with Crippen LogP contribution >= 0.6 is 0 Å². The molecule has 0 aromatic heterocycles. The Morgan fingerprint density at radius 3 is 2.50 bits per heavy atom. The zero-order valence-electron chi connectivity index (χ0n) is 8.34. The molecule has 72 valence electrons. The molecule has 1 aliphatic heterocycles. The van der Waals surface area contributed by atoms with Crippen LogP contribution in [0.1, 0.15) is 33.6 Å². The molecule has 1 N–H and O–H groups in total. The van der Waals surface area contributed by atoms with E-state index in [-0.39, 0.29) is 0 Å². The Kier molecular flexibility index (Phi) is 3.13. The van der Waals surface area contributed by atoms with Crippen LogP contribution in [0.3, 0.4) is 0 Å². The van der Waals surface area contributed by atoms with E-state index < -0.39 is 5.60 Å². The zero-order valence-corrected chi connectivity index (χ0v) is 8.34. The first kappa shape index (κ1) is 10.0. The van der Waals surface area contributed by atoms with Crippen LogP contribution in [0.2, 0.25) is 0 Å². The first-order valence-corrected chi connectivity index (χ1v) is 4.85. The Morgan fingerprint density at radius 1 is 1.42 bits per heavy atom. The van der Waals surface area contributed by atoms with E-state index in [0.717, 1.165) is 19.4 Å². The summed E-state index contributed by atoms with van der Waals surface area (Å²) in [7, 11) is 0. The van der Waals surface area contributed by atoms with Crippen molar-refractivity contribution in [2.75, 3.05) is 13.2 Å². The quantitative estimate of drug-likeness (QED) is 0.703. The molecule has 1 saturated heterocycles. The van der Waals surface area contributed by atoms with Gasteiger partial charge in [0.25, 0.3) is 0 Å². The first-order valence-electron chi connectivity index (χ1n) is 4.85. The van der Waals surface area contributed by atoms with E-state index >= 15 is 0 Å². The molecule has 0 amide bonds. The third kappa shape index (κ3) is 2.20. The molecule has 0 saturated carbocycles. The van der Waals surface area contributed by atoms with Gasteiger partial charge in [0, 0.05) is 13.0 Å². The Labute approximate surface area is 74.9 Å². The van der Waals surface area contributed by atoms with Gasteiger partial charge in [0.15, 0.2) is 0 Å². The largest absolute Gasteiger partial charge is 0.387 e. The fraction of sp³-hybridized carbons (Fsp3) is 1.00. The van der Waals surface area contributed by atoms with Crippen molar-refractivity contribution in [3.63, 3.8) is 0 Å². The lowest BCUT2D eigenvalue weighted by Gasteiger charge is -2.29. The van der Waals surface area contributed by atoms with Crippen molar-refractivity contribution in [3.8, 4) is 0 Å². The van der Waals surface area contributed by atoms with Gasteiger partial charge in [-0.3, -0.25) is 0 Å². The van der Waals surface area contributed by atoms with Gasteiger partial charge in [-0.25, -0.2) is 0 Å². The second kappa shape index (κ2) is 3.75. The van der Waals surface area contributed by atoms with Crippen LogP contribution in [0.4, 0.5) is 0 Å². The molecule has 2 heteroatoms. The minimum Gasteiger partial charge on any atom is -0.387 e. The molecular weight excluding hydrogens is 152 g/mol. The molecule has 0 aliphatic carbocycles. The Morgan fingerprint density at radius 2 is 2.08 bits per heavy atom. The van der Waals surface area contributed by atoms with Gasteiger partial charge in [-0.15, -0.1) is 0 Å². The number of hydrogen-bond acceptors (Lipinski definition) is 2. The van der Waals surface area contributed by atoms with E-state index in [1.807, 2.05) is 0 Å². The van der Waals surface area contributed by atoms with Crippen LogP contribution in [0, 0.1) is 11.8 Å². The van der Waals surface area contributed by atoms with Gasteiger partial charge in [-0.05, 0) is 18.3 Å². The predicted molar refractivity (Wildman–Crippen MR) is 49.0 cm³/mol. The summed E-state index contributed by atoms with van der Waals surface area (Å²) in [6, 6.07) is 0. The first-order chi connectivity index (χ1) is 5.54. The lowest BCUT2D eigenvalue weighted by Crippen LogP contribution is -2.37. The van der Waals surface area contributed by atoms with Crippen molar-refractivity contribution < 1.29 is 9.84 Å². The van der Waals surface area contributed by atoms with Gasteiger partial charge in [0.05, 0.1) is 12.2 Å². The van der Waals surface area contributed by atoms with Crippen molar-refractivity contribution in [2.45, 2.75) is 39.2 Å². The van der Waals surface area contributed by atoms with Gasteiger partial charge < -0.3 is 9.84 Å². The van der Waals surface area contributed by atoms with Crippen molar-refractivity contribution >= 4 is 0 Å². The van der Waals surface area contributed by atoms with Crippen LogP contribution in [0.25, 0.3) is 0 Å². The fourth-order valence-corrected chi connectivity index (χ4v) is 1.89. The molecule has 2 unspecified atom stereocenters. The SMILES string of the molecule is CC(C)CC(C)C1(O)CCOC1. The smallest absolute Gasteiger partial charge is 0.0927 e. The molecular formula is C10H20O2. The average molecular weight is 172 g/mol. The summed E-state index contributed by atoms with van der Waals surface area (Å²) in [5, 5.41) is 10.1. The maximum atomic E-state index is 10.1. The fourth-order valence-electron chi connectivity index (χ4n) is 1.89. The lowest BCUT2D eigenvalue weighted by molar-refractivity contribution is -0.0253. The van der Waals surface area contributed by atoms with Crippen LogP contribution in [-0.4, -0.2) is 23.9 Å². The Hall–Kier alpha value is -0.0800. The number of ether oxygens (including phenoxy) is 1. The normalized spacial score (nSPS) is 32.8. The van der Waals surface area contributed by atoms with Crippen molar-refractivity contribution in [1.82, 2.24) is 0 Å². The molecule has 12 heavy (non-hydrogen) atoms. The van der Waals surface area contributed by atoms with Crippen molar-refractivity contribution in [3.05, 3.63) is 0 Å². The van der Waals surface area contributed by atoms with Gasteiger partial charge in [-0.2, -0.15) is 0 Å². The molecule has 1 aliphatic rings. The van der Waals surface area contributed by atoms with E-state index in [4.69, 9.17) is 4.74 Å². The zero-order chi connectivity index (χ0) is 9.19. The number of aliphatic hydroxyl groups is 1. The highest BCUT2D eigenvalue weighted by atomic mass is 16.5. The average Bonchev–Trinajstić information content (AvgIpc) is 2.36. The molecule has 0 bridgehead atoms. The molecule has 0 aromatic carbocycles. The molecule has 1 fully saturated rings. The minimum atomic E-state index is -0.537. The summed E-state index contributed by atoms with van der Waals surface area (Å²) in [5.74, 6) is 1.02. The summed E-state index contributed by atoms with van der Waals surface area (Å²) in [6.07, 6.45) is 1.89. The molecule has 2 nitrogen and oxygen atoms in total. The predicted octanol–water partition coefficient (Wildman–Crippen LogP) is 1.82. The van der Waals surface area contributed by atoms with E-state index in [2.05, 4.69) is 20.8 Å². The topological polar surface area (TPSA) is 29.5 Å². The molecule has 0 spiro atoms. The standard InChI is InChI=1S/C10H20O2/c1-8(2)6-9(3)10(11)4-5-12-7-10/h8-9,11H,4-7H2,1-3H3. The highest BCUT2D eigenvalue weighted by Crippen LogP contribution is 2.31. The number of rotatable bonds is 3. The third-order valence-corrected chi connectivity index (χ3v) is 2.77. The highest BCUT2D eigenvalue weighted by Gasteiger charge is 2.37. The van der Waals surface area contributed by atoms with Gasteiger partial charge in [0.1, 0.15) is 0 Å². The van der Waals surface area contributed by atoms with Crippen LogP contribution in [-0.2, 0) is 4.74 Å². The maximum absolute atomic E-state index is 10.1. The van der Waals surface area contributed by atoms with Gasteiger partial charge >= 0.3 is 0 Å². The van der Waals surface area contributed by atoms with Gasteiger partial charge in [0.2, 0.25) is 0 Å². The van der Waals surface area contributed by atoms with Crippen molar-refractivity contribution in [1.29, 1.82) is 0 Å². The summed E-state index contributed by atoms with van der Waals surface area (Å²) < 4.78 is 5.21.